The molecule has 3 heteroatoms. The summed E-state index contributed by atoms with van der Waals surface area (Å²) in [5.74, 6) is 1.72. The molecule has 2 unspecified atom stereocenters. The fraction of sp³-hybridized carbons (Fsp3) is 0.938. The highest BCUT2D eigenvalue weighted by Gasteiger charge is 2.31. The molecule has 2 atom stereocenters. The van der Waals surface area contributed by atoms with Crippen molar-refractivity contribution in [2.24, 2.45) is 17.8 Å². The number of amides is 1. The van der Waals surface area contributed by atoms with Crippen LogP contribution in [0.5, 0.6) is 0 Å². The lowest BCUT2D eigenvalue weighted by atomic mass is 9.90. The molecule has 1 amide bonds. The maximum atomic E-state index is 12.8. The van der Waals surface area contributed by atoms with Crippen molar-refractivity contribution in [3.63, 3.8) is 0 Å². The quantitative estimate of drug-likeness (QED) is 0.803. The monoisotopic (exact) mass is 268 g/mol. The Labute approximate surface area is 119 Å². The summed E-state index contributed by atoms with van der Waals surface area (Å²) in [5, 5.41) is 3.40. The number of nitrogens with zero attached hydrogens (tertiary/aromatic N) is 1. The van der Waals surface area contributed by atoms with Crippen LogP contribution in [0.1, 0.15) is 53.9 Å². The number of hydrogen-bond donors (Lipinski definition) is 1. The van der Waals surface area contributed by atoms with Crippen molar-refractivity contribution in [3.8, 4) is 0 Å². The van der Waals surface area contributed by atoms with E-state index in [0.29, 0.717) is 23.8 Å². The normalized spacial score (nSPS) is 23.9. The van der Waals surface area contributed by atoms with Gasteiger partial charge < -0.3 is 10.2 Å². The fourth-order valence-corrected chi connectivity index (χ4v) is 3.12. The molecule has 0 aromatic heterocycles. The van der Waals surface area contributed by atoms with Crippen LogP contribution in [0.2, 0.25) is 0 Å². The first-order chi connectivity index (χ1) is 8.99. The molecule has 0 aliphatic carbocycles. The molecule has 1 saturated heterocycles. The number of rotatable bonds is 6. The Bertz CT molecular complexity index is 274. The first-order valence-electron chi connectivity index (χ1n) is 8.00. The van der Waals surface area contributed by atoms with Gasteiger partial charge in [0.15, 0.2) is 0 Å². The predicted molar refractivity (Wildman–Crippen MR) is 81.1 cm³/mol. The summed E-state index contributed by atoms with van der Waals surface area (Å²) >= 11 is 0. The minimum Gasteiger partial charge on any atom is -0.339 e. The van der Waals surface area contributed by atoms with E-state index in [1.807, 2.05) is 0 Å². The Kier molecular flexibility index (Phi) is 6.84. The van der Waals surface area contributed by atoms with Gasteiger partial charge in [-0.15, -0.1) is 0 Å². The third kappa shape index (κ3) is 4.79. The molecule has 1 rings (SSSR count). The zero-order valence-electron chi connectivity index (χ0n) is 13.4. The lowest BCUT2D eigenvalue weighted by Gasteiger charge is -2.37. The average molecular weight is 268 g/mol. The smallest absolute Gasteiger partial charge is 0.227 e. The summed E-state index contributed by atoms with van der Waals surface area (Å²) in [4.78, 5) is 15.0. The standard InChI is InChI=1S/C16H32N2O/c1-6-15(7-2)18(11-12(3)4)16(19)14-8-13(5)9-17-10-14/h12-15,17H,6-11H2,1-5H3. The Morgan fingerprint density at radius 3 is 2.37 bits per heavy atom. The molecule has 0 aromatic carbocycles. The van der Waals surface area contributed by atoms with Crippen LogP contribution in [0.15, 0.2) is 0 Å². The van der Waals surface area contributed by atoms with Crippen LogP contribution in [-0.2, 0) is 4.79 Å². The van der Waals surface area contributed by atoms with Crippen LogP contribution in [0.3, 0.4) is 0 Å². The van der Waals surface area contributed by atoms with E-state index in [2.05, 4.69) is 44.8 Å². The van der Waals surface area contributed by atoms with Gasteiger partial charge in [-0.05, 0) is 37.6 Å². The zero-order valence-corrected chi connectivity index (χ0v) is 13.4. The molecule has 0 bridgehead atoms. The maximum Gasteiger partial charge on any atom is 0.227 e. The van der Waals surface area contributed by atoms with Gasteiger partial charge in [0.1, 0.15) is 0 Å². The fourth-order valence-electron chi connectivity index (χ4n) is 3.12. The van der Waals surface area contributed by atoms with E-state index >= 15 is 0 Å². The van der Waals surface area contributed by atoms with Crippen molar-refractivity contribution >= 4 is 5.91 Å². The van der Waals surface area contributed by atoms with Gasteiger partial charge in [-0.25, -0.2) is 0 Å². The predicted octanol–water partition coefficient (Wildman–Crippen LogP) is 2.91. The highest BCUT2D eigenvalue weighted by atomic mass is 16.2. The van der Waals surface area contributed by atoms with Crippen LogP contribution in [0.25, 0.3) is 0 Å². The van der Waals surface area contributed by atoms with Crippen molar-refractivity contribution < 1.29 is 4.79 Å². The van der Waals surface area contributed by atoms with Gasteiger partial charge in [0.25, 0.3) is 0 Å². The summed E-state index contributed by atoms with van der Waals surface area (Å²) in [7, 11) is 0. The van der Waals surface area contributed by atoms with Crippen molar-refractivity contribution in [1.82, 2.24) is 10.2 Å². The van der Waals surface area contributed by atoms with Gasteiger partial charge >= 0.3 is 0 Å². The average Bonchev–Trinajstić information content (AvgIpc) is 2.37. The van der Waals surface area contributed by atoms with E-state index in [-0.39, 0.29) is 5.92 Å². The number of carbonyl (C=O) groups excluding carboxylic acids is 1. The summed E-state index contributed by atoms with van der Waals surface area (Å²) in [5.41, 5.74) is 0. The summed E-state index contributed by atoms with van der Waals surface area (Å²) in [6, 6.07) is 0.409. The van der Waals surface area contributed by atoms with Crippen molar-refractivity contribution in [1.29, 1.82) is 0 Å². The van der Waals surface area contributed by atoms with E-state index in [9.17, 15) is 4.79 Å². The molecule has 19 heavy (non-hydrogen) atoms. The van der Waals surface area contributed by atoms with Crippen LogP contribution in [0, 0.1) is 17.8 Å². The van der Waals surface area contributed by atoms with Gasteiger partial charge in [0, 0.05) is 19.1 Å². The summed E-state index contributed by atoms with van der Waals surface area (Å²) in [6.45, 7) is 13.8. The van der Waals surface area contributed by atoms with Crippen LogP contribution < -0.4 is 5.32 Å². The Balaban J connectivity index is 2.74. The van der Waals surface area contributed by atoms with E-state index < -0.39 is 0 Å². The zero-order chi connectivity index (χ0) is 14.4. The van der Waals surface area contributed by atoms with Gasteiger partial charge in [0.2, 0.25) is 5.91 Å². The minimum atomic E-state index is 0.183. The topological polar surface area (TPSA) is 32.3 Å². The summed E-state index contributed by atoms with van der Waals surface area (Å²) in [6.07, 6.45) is 3.16. The number of carbonyl (C=O) groups is 1. The molecular formula is C16H32N2O. The minimum absolute atomic E-state index is 0.183. The molecule has 1 N–H and O–H groups in total. The first kappa shape index (κ1) is 16.5. The molecule has 0 saturated carbocycles. The Hall–Kier alpha value is -0.570. The molecule has 0 spiro atoms. The maximum absolute atomic E-state index is 12.8. The highest BCUT2D eigenvalue weighted by Crippen LogP contribution is 2.22. The van der Waals surface area contributed by atoms with Gasteiger partial charge in [-0.2, -0.15) is 0 Å². The lowest BCUT2D eigenvalue weighted by molar-refractivity contribution is -0.139. The molecule has 112 valence electrons. The molecular weight excluding hydrogens is 236 g/mol. The van der Waals surface area contributed by atoms with E-state index in [4.69, 9.17) is 0 Å². The van der Waals surface area contributed by atoms with E-state index in [0.717, 1.165) is 38.9 Å². The number of piperidine rings is 1. The highest BCUT2D eigenvalue weighted by molar-refractivity contribution is 5.79. The van der Waals surface area contributed by atoms with Crippen LogP contribution in [0.4, 0.5) is 0 Å². The molecule has 1 fully saturated rings. The Morgan fingerprint density at radius 2 is 1.89 bits per heavy atom. The second-order valence-electron chi connectivity index (χ2n) is 6.55. The molecule has 0 aromatic rings. The molecule has 1 aliphatic rings. The van der Waals surface area contributed by atoms with Crippen molar-refractivity contribution in [2.75, 3.05) is 19.6 Å². The van der Waals surface area contributed by atoms with Gasteiger partial charge in [-0.1, -0.05) is 34.6 Å². The van der Waals surface area contributed by atoms with Gasteiger partial charge in [-0.3, -0.25) is 4.79 Å². The molecule has 3 nitrogen and oxygen atoms in total. The van der Waals surface area contributed by atoms with Crippen molar-refractivity contribution in [2.45, 2.75) is 59.9 Å². The second-order valence-corrected chi connectivity index (χ2v) is 6.55. The first-order valence-corrected chi connectivity index (χ1v) is 8.00. The second kappa shape index (κ2) is 7.88. The van der Waals surface area contributed by atoms with Crippen molar-refractivity contribution in [3.05, 3.63) is 0 Å². The Morgan fingerprint density at radius 1 is 1.26 bits per heavy atom. The van der Waals surface area contributed by atoms with Gasteiger partial charge in [0.05, 0.1) is 5.92 Å². The van der Waals surface area contributed by atoms with E-state index in [1.165, 1.54) is 0 Å². The van der Waals surface area contributed by atoms with Crippen LogP contribution in [-0.4, -0.2) is 36.5 Å². The third-order valence-corrected chi connectivity index (χ3v) is 4.15. The SMILES string of the molecule is CCC(CC)N(CC(C)C)C(=O)C1CNCC(C)C1. The summed E-state index contributed by atoms with van der Waals surface area (Å²) < 4.78 is 0. The number of hydrogen-bond acceptors (Lipinski definition) is 2. The van der Waals surface area contributed by atoms with Crippen LogP contribution >= 0.6 is 0 Å². The molecule has 1 aliphatic heterocycles. The largest absolute Gasteiger partial charge is 0.339 e. The number of nitrogens with one attached hydrogen (secondary N) is 1. The molecule has 1 heterocycles. The molecule has 0 radical (unpaired) electrons. The lowest BCUT2D eigenvalue weighted by Crippen LogP contribution is -2.49. The van der Waals surface area contributed by atoms with E-state index in [1.54, 1.807) is 0 Å². The third-order valence-electron chi connectivity index (χ3n) is 4.15.